The zero-order valence-corrected chi connectivity index (χ0v) is 12.6. The van der Waals surface area contributed by atoms with Crippen molar-refractivity contribution in [1.29, 1.82) is 0 Å². The topological polar surface area (TPSA) is 47.3 Å². The fourth-order valence-corrected chi connectivity index (χ4v) is 2.02. The van der Waals surface area contributed by atoms with Crippen LogP contribution in [-0.2, 0) is 6.61 Å². The molecule has 0 aliphatic heterocycles. The van der Waals surface area contributed by atoms with Crippen molar-refractivity contribution in [1.82, 2.24) is 9.78 Å². The maximum atomic E-state index is 13.3. The van der Waals surface area contributed by atoms with Gasteiger partial charge in [-0.3, -0.25) is 4.68 Å². The first kappa shape index (κ1) is 15.5. The summed E-state index contributed by atoms with van der Waals surface area (Å²) in [6, 6.07) is 6.35. The van der Waals surface area contributed by atoms with Gasteiger partial charge in [0.25, 0.3) is 0 Å². The summed E-state index contributed by atoms with van der Waals surface area (Å²) in [5.41, 5.74) is 1.34. The summed E-state index contributed by atoms with van der Waals surface area (Å²) in [7, 11) is 0. The molecule has 0 bridgehead atoms. The molecular weight excluding hydrogens is 271 g/mol. The second-order valence-electron chi connectivity index (χ2n) is 5.19. The molecule has 0 spiro atoms. The van der Waals surface area contributed by atoms with Gasteiger partial charge in [0.2, 0.25) is 0 Å². The van der Waals surface area contributed by atoms with E-state index in [1.165, 1.54) is 18.2 Å². The van der Waals surface area contributed by atoms with Crippen LogP contribution >= 0.6 is 0 Å². The van der Waals surface area contributed by atoms with E-state index in [1.807, 2.05) is 16.9 Å². The first-order valence-electron chi connectivity index (χ1n) is 7.15. The summed E-state index contributed by atoms with van der Waals surface area (Å²) >= 11 is 0. The minimum Gasteiger partial charge on any atom is -0.487 e. The lowest BCUT2D eigenvalue weighted by molar-refractivity contribution is 0.189. The molecule has 1 N–H and O–H groups in total. The summed E-state index contributed by atoms with van der Waals surface area (Å²) in [5, 5.41) is 14.1. The predicted molar refractivity (Wildman–Crippen MR) is 78.6 cm³/mol. The van der Waals surface area contributed by atoms with Crippen molar-refractivity contribution >= 4 is 0 Å². The van der Waals surface area contributed by atoms with E-state index in [1.54, 1.807) is 6.92 Å². The summed E-state index contributed by atoms with van der Waals surface area (Å²) in [6.07, 6.45) is 2.20. The first-order valence-corrected chi connectivity index (χ1v) is 7.15. The van der Waals surface area contributed by atoms with Crippen LogP contribution < -0.4 is 4.74 Å². The lowest BCUT2D eigenvalue weighted by Gasteiger charge is -2.13. The van der Waals surface area contributed by atoms with Crippen molar-refractivity contribution in [2.45, 2.75) is 45.9 Å². The number of aromatic nitrogens is 2. The third-order valence-corrected chi connectivity index (χ3v) is 3.51. The Morgan fingerprint density at radius 2 is 2.10 bits per heavy atom. The molecule has 0 radical (unpaired) electrons. The Balaban J connectivity index is 2.09. The van der Waals surface area contributed by atoms with Crippen molar-refractivity contribution in [2.24, 2.45) is 0 Å². The van der Waals surface area contributed by atoms with E-state index in [4.69, 9.17) is 4.74 Å². The predicted octanol–water partition coefficient (Wildman–Crippen LogP) is 3.63. The Hall–Kier alpha value is -1.88. The third-order valence-electron chi connectivity index (χ3n) is 3.51. The molecule has 0 amide bonds. The van der Waals surface area contributed by atoms with Crippen LogP contribution in [-0.4, -0.2) is 14.9 Å². The Morgan fingerprint density at radius 3 is 2.76 bits per heavy atom. The van der Waals surface area contributed by atoms with Crippen LogP contribution in [0.3, 0.4) is 0 Å². The Kier molecular flexibility index (Phi) is 4.96. The highest BCUT2D eigenvalue weighted by Crippen LogP contribution is 2.26. The number of nitrogens with zero attached hydrogens (tertiary/aromatic N) is 2. The Bertz CT molecular complexity index is 596. The van der Waals surface area contributed by atoms with E-state index < -0.39 is 6.10 Å². The van der Waals surface area contributed by atoms with Crippen LogP contribution in [0.5, 0.6) is 5.75 Å². The van der Waals surface area contributed by atoms with Crippen molar-refractivity contribution in [2.75, 3.05) is 0 Å². The van der Waals surface area contributed by atoms with Gasteiger partial charge in [-0.1, -0.05) is 6.92 Å². The molecule has 0 aliphatic carbocycles. The Labute approximate surface area is 124 Å². The molecule has 1 heterocycles. The average Bonchev–Trinajstić information content (AvgIpc) is 2.93. The molecule has 0 saturated carbocycles. The van der Waals surface area contributed by atoms with Crippen LogP contribution in [0.4, 0.5) is 4.39 Å². The highest BCUT2D eigenvalue weighted by molar-refractivity contribution is 5.35. The van der Waals surface area contributed by atoms with Crippen LogP contribution in [0.25, 0.3) is 0 Å². The minimum absolute atomic E-state index is 0.243. The Morgan fingerprint density at radius 1 is 1.33 bits per heavy atom. The van der Waals surface area contributed by atoms with Gasteiger partial charge < -0.3 is 9.84 Å². The van der Waals surface area contributed by atoms with Crippen LogP contribution in [0, 0.1) is 5.82 Å². The summed E-state index contributed by atoms with van der Waals surface area (Å²) in [4.78, 5) is 0. The highest BCUT2D eigenvalue weighted by Gasteiger charge is 2.11. The summed E-state index contributed by atoms with van der Waals surface area (Å²) in [5.74, 6) is -0.0392. The van der Waals surface area contributed by atoms with E-state index in [9.17, 15) is 9.50 Å². The summed E-state index contributed by atoms with van der Waals surface area (Å²) < 4.78 is 20.8. The number of aliphatic hydroxyl groups excluding tert-OH is 1. The van der Waals surface area contributed by atoms with Crippen LogP contribution in [0.15, 0.2) is 30.5 Å². The molecule has 0 saturated heterocycles. The van der Waals surface area contributed by atoms with Crippen molar-refractivity contribution in [3.63, 3.8) is 0 Å². The number of hydrogen-bond donors (Lipinski definition) is 1. The SMILES string of the molecule is CCC(C)n1ccc(COc2cc(F)ccc2[C@@H](C)O)n1. The molecule has 114 valence electrons. The molecule has 2 atom stereocenters. The van der Waals surface area contributed by atoms with Crippen molar-refractivity contribution in [3.05, 3.63) is 47.5 Å². The molecule has 5 heteroatoms. The number of benzene rings is 1. The van der Waals surface area contributed by atoms with Gasteiger partial charge in [0.1, 0.15) is 18.2 Å². The van der Waals surface area contributed by atoms with Gasteiger partial charge in [-0.25, -0.2) is 4.39 Å². The maximum absolute atomic E-state index is 13.3. The highest BCUT2D eigenvalue weighted by atomic mass is 19.1. The van der Waals surface area contributed by atoms with E-state index in [0.29, 0.717) is 17.4 Å². The maximum Gasteiger partial charge on any atom is 0.132 e. The lowest BCUT2D eigenvalue weighted by atomic mass is 10.1. The molecule has 2 rings (SSSR count). The van der Waals surface area contributed by atoms with E-state index in [-0.39, 0.29) is 12.4 Å². The van der Waals surface area contributed by atoms with Gasteiger partial charge in [-0.05, 0) is 38.5 Å². The summed E-state index contributed by atoms with van der Waals surface area (Å²) in [6.45, 7) is 6.06. The van der Waals surface area contributed by atoms with Gasteiger partial charge >= 0.3 is 0 Å². The molecule has 1 unspecified atom stereocenters. The number of aliphatic hydroxyl groups is 1. The molecule has 1 aromatic carbocycles. The van der Waals surface area contributed by atoms with Gasteiger partial charge in [-0.15, -0.1) is 0 Å². The third kappa shape index (κ3) is 3.82. The van der Waals surface area contributed by atoms with Gasteiger partial charge in [0.05, 0.1) is 11.8 Å². The van der Waals surface area contributed by atoms with E-state index >= 15 is 0 Å². The fourth-order valence-electron chi connectivity index (χ4n) is 2.02. The normalized spacial score (nSPS) is 14.0. The smallest absolute Gasteiger partial charge is 0.132 e. The van der Waals surface area contributed by atoms with Crippen molar-refractivity contribution < 1.29 is 14.2 Å². The van der Waals surface area contributed by atoms with E-state index in [2.05, 4.69) is 18.9 Å². The lowest BCUT2D eigenvalue weighted by Crippen LogP contribution is -2.06. The van der Waals surface area contributed by atoms with E-state index in [0.717, 1.165) is 12.1 Å². The quantitative estimate of drug-likeness (QED) is 0.884. The number of halogens is 1. The van der Waals surface area contributed by atoms with Crippen molar-refractivity contribution in [3.8, 4) is 5.75 Å². The van der Waals surface area contributed by atoms with Gasteiger partial charge in [0, 0.05) is 23.9 Å². The molecule has 0 fully saturated rings. The number of hydrogen-bond acceptors (Lipinski definition) is 3. The standard InChI is InChI=1S/C16H21FN2O2/c1-4-11(2)19-8-7-14(18-19)10-21-16-9-13(17)5-6-15(16)12(3)20/h5-9,11-12,20H,4,10H2,1-3H3/t11?,12-/m1/s1. The average molecular weight is 292 g/mol. The zero-order valence-electron chi connectivity index (χ0n) is 12.6. The second kappa shape index (κ2) is 6.72. The van der Waals surface area contributed by atoms with Gasteiger partial charge in [-0.2, -0.15) is 5.10 Å². The van der Waals surface area contributed by atoms with Crippen LogP contribution in [0.1, 0.15) is 50.6 Å². The largest absolute Gasteiger partial charge is 0.487 e. The molecule has 2 aromatic rings. The molecule has 1 aromatic heterocycles. The monoisotopic (exact) mass is 292 g/mol. The minimum atomic E-state index is -0.710. The zero-order chi connectivity index (χ0) is 15.4. The van der Waals surface area contributed by atoms with Gasteiger partial charge in [0.15, 0.2) is 0 Å². The van der Waals surface area contributed by atoms with Crippen LogP contribution in [0.2, 0.25) is 0 Å². The molecule has 4 nitrogen and oxygen atoms in total. The number of rotatable bonds is 6. The molecule has 0 aliphatic rings. The first-order chi connectivity index (χ1) is 10.0. The molecular formula is C16H21FN2O2. The fraction of sp³-hybridized carbons (Fsp3) is 0.438. The molecule has 21 heavy (non-hydrogen) atoms. The second-order valence-corrected chi connectivity index (χ2v) is 5.19. The number of ether oxygens (including phenoxy) is 1.